The number of carbonyl (C=O) groups is 2. The van der Waals surface area contributed by atoms with Crippen molar-refractivity contribution < 1.29 is 9.59 Å². The summed E-state index contributed by atoms with van der Waals surface area (Å²) in [4.78, 5) is 32.8. The van der Waals surface area contributed by atoms with E-state index in [2.05, 4.69) is 48.2 Å². The van der Waals surface area contributed by atoms with Crippen LogP contribution in [0.3, 0.4) is 0 Å². The molecule has 2 heterocycles. The number of para-hydroxylation sites is 2. The summed E-state index contributed by atoms with van der Waals surface area (Å²) in [6.45, 7) is 2.58. The Morgan fingerprint density at radius 1 is 0.676 bits per heavy atom. The van der Waals surface area contributed by atoms with Gasteiger partial charge in [-0.3, -0.25) is 14.5 Å². The molecule has 0 bridgehead atoms. The van der Waals surface area contributed by atoms with E-state index in [1.54, 1.807) is 11.8 Å². The highest BCUT2D eigenvalue weighted by molar-refractivity contribution is 7.99. The van der Waals surface area contributed by atoms with Crippen LogP contribution >= 0.6 is 11.8 Å². The van der Waals surface area contributed by atoms with Crippen LogP contribution in [-0.4, -0.2) is 23.3 Å². The number of fused-ring (bicyclic) bond motifs is 2. The van der Waals surface area contributed by atoms with Gasteiger partial charge in [-0.2, -0.15) is 0 Å². The smallest absolute Gasteiger partial charge is 0.261 e. The predicted molar refractivity (Wildman–Crippen MR) is 138 cm³/mol. The van der Waals surface area contributed by atoms with Gasteiger partial charge in [0.1, 0.15) is 0 Å². The van der Waals surface area contributed by atoms with Crippen LogP contribution in [0.4, 0.5) is 17.1 Å². The summed E-state index contributed by atoms with van der Waals surface area (Å²) in [5.41, 5.74) is 4.39. The Bertz CT molecular complexity index is 1390. The van der Waals surface area contributed by atoms with Crippen molar-refractivity contribution in [3.63, 3.8) is 0 Å². The first-order valence-electron chi connectivity index (χ1n) is 11.8. The number of nitrogens with zero attached hydrogens (tertiary/aromatic N) is 2. The number of rotatable bonds is 5. The van der Waals surface area contributed by atoms with E-state index in [-0.39, 0.29) is 11.8 Å². The number of benzene rings is 4. The SMILES string of the molecule is CCCCCN1C(=O)c2cccc3c(N4c5ccccc5Sc5ccccc54)ccc(c23)C1=O. The van der Waals surface area contributed by atoms with E-state index < -0.39 is 0 Å². The summed E-state index contributed by atoms with van der Waals surface area (Å²) < 4.78 is 0. The number of unbranched alkanes of at least 4 members (excludes halogenated alkanes) is 2. The Hall–Kier alpha value is -3.57. The first-order chi connectivity index (χ1) is 16.7. The quantitative estimate of drug-likeness (QED) is 0.199. The van der Waals surface area contributed by atoms with Gasteiger partial charge in [-0.05, 0) is 48.9 Å². The van der Waals surface area contributed by atoms with Gasteiger partial charge in [0.15, 0.2) is 0 Å². The Kier molecular flexibility index (Phi) is 5.15. The van der Waals surface area contributed by atoms with Crippen molar-refractivity contribution >= 4 is 51.4 Å². The Balaban J connectivity index is 1.55. The van der Waals surface area contributed by atoms with Crippen molar-refractivity contribution in [3.8, 4) is 0 Å². The molecule has 0 aromatic heterocycles. The van der Waals surface area contributed by atoms with E-state index in [1.165, 1.54) is 14.7 Å². The molecule has 0 N–H and O–H groups in total. The van der Waals surface area contributed by atoms with E-state index in [0.717, 1.165) is 47.1 Å². The second-order valence-electron chi connectivity index (χ2n) is 8.70. The van der Waals surface area contributed by atoms with Crippen LogP contribution < -0.4 is 4.90 Å². The lowest BCUT2D eigenvalue weighted by atomic mass is 9.92. The van der Waals surface area contributed by atoms with Gasteiger partial charge in [-0.1, -0.05) is 67.9 Å². The third-order valence-corrected chi connectivity index (χ3v) is 7.76. The van der Waals surface area contributed by atoms with Crippen molar-refractivity contribution in [2.75, 3.05) is 11.4 Å². The normalized spacial score (nSPS) is 14.4. The van der Waals surface area contributed by atoms with E-state index in [0.29, 0.717) is 17.7 Å². The summed E-state index contributed by atoms with van der Waals surface area (Å²) in [6, 6.07) is 26.5. The lowest BCUT2D eigenvalue weighted by molar-refractivity contribution is 0.0608. The maximum atomic E-state index is 13.4. The minimum atomic E-state index is -0.189. The zero-order valence-corrected chi connectivity index (χ0v) is 19.8. The Labute approximate surface area is 203 Å². The van der Waals surface area contributed by atoms with E-state index in [9.17, 15) is 9.59 Å². The molecule has 2 amide bonds. The molecule has 4 aromatic carbocycles. The maximum Gasteiger partial charge on any atom is 0.261 e. The highest BCUT2D eigenvalue weighted by Gasteiger charge is 2.34. The van der Waals surface area contributed by atoms with Gasteiger partial charge < -0.3 is 4.90 Å². The minimum absolute atomic E-state index is 0.189. The maximum absolute atomic E-state index is 13.4. The molecule has 4 aromatic rings. The highest BCUT2D eigenvalue weighted by atomic mass is 32.2. The lowest BCUT2D eigenvalue weighted by Gasteiger charge is -2.34. The van der Waals surface area contributed by atoms with Crippen LogP contribution in [0.5, 0.6) is 0 Å². The van der Waals surface area contributed by atoms with Gasteiger partial charge in [0.05, 0.1) is 17.1 Å². The van der Waals surface area contributed by atoms with Gasteiger partial charge in [-0.25, -0.2) is 0 Å². The molecule has 34 heavy (non-hydrogen) atoms. The zero-order valence-electron chi connectivity index (χ0n) is 19.0. The minimum Gasteiger partial charge on any atom is -0.308 e. The summed E-state index contributed by atoms with van der Waals surface area (Å²) in [5, 5.41) is 1.68. The lowest BCUT2D eigenvalue weighted by Crippen LogP contribution is -2.41. The second-order valence-corrected chi connectivity index (χ2v) is 9.79. The molecule has 2 aliphatic rings. The van der Waals surface area contributed by atoms with E-state index in [4.69, 9.17) is 0 Å². The van der Waals surface area contributed by atoms with Gasteiger partial charge in [0, 0.05) is 38.2 Å². The summed E-state index contributed by atoms with van der Waals surface area (Å²) in [5.74, 6) is -0.377. The van der Waals surface area contributed by atoms with Crippen LogP contribution in [0.25, 0.3) is 10.8 Å². The Morgan fingerprint density at radius 2 is 1.32 bits per heavy atom. The first kappa shape index (κ1) is 21.0. The van der Waals surface area contributed by atoms with Crippen molar-refractivity contribution in [2.24, 2.45) is 0 Å². The molecule has 0 aliphatic carbocycles. The van der Waals surface area contributed by atoms with Crippen LogP contribution in [0, 0.1) is 0 Å². The van der Waals surface area contributed by atoms with Crippen LogP contribution in [0.1, 0.15) is 46.9 Å². The molecule has 0 spiro atoms. The van der Waals surface area contributed by atoms with Crippen LogP contribution in [-0.2, 0) is 0 Å². The summed E-state index contributed by atoms with van der Waals surface area (Å²) >= 11 is 1.76. The number of imide groups is 1. The molecule has 4 nitrogen and oxygen atoms in total. The van der Waals surface area contributed by atoms with Crippen molar-refractivity contribution in [2.45, 2.75) is 36.0 Å². The van der Waals surface area contributed by atoms with Gasteiger partial charge in [-0.15, -0.1) is 0 Å². The number of hydrogen-bond acceptors (Lipinski definition) is 4. The standard InChI is InChI=1S/C29H24N2O2S/c1-2-3-8-18-30-28(32)20-11-9-10-19-22(17-16-21(27(19)20)29(30)33)31-23-12-4-6-14-25(23)34-26-15-7-5-13-24(26)31/h4-7,9-17H,2-3,8,18H2,1H3. The molecule has 0 saturated carbocycles. The number of amides is 2. The van der Waals surface area contributed by atoms with Gasteiger partial charge in [0.2, 0.25) is 0 Å². The average Bonchev–Trinajstić information content (AvgIpc) is 2.87. The monoisotopic (exact) mass is 464 g/mol. The zero-order chi connectivity index (χ0) is 23.2. The molecule has 2 aliphatic heterocycles. The molecule has 0 fully saturated rings. The number of anilines is 3. The number of hydrogen-bond donors (Lipinski definition) is 0. The molecule has 0 unspecified atom stereocenters. The van der Waals surface area contributed by atoms with Gasteiger partial charge in [0.25, 0.3) is 11.8 Å². The summed E-state index contributed by atoms with van der Waals surface area (Å²) in [7, 11) is 0. The van der Waals surface area contributed by atoms with Crippen LogP contribution in [0.2, 0.25) is 0 Å². The molecule has 168 valence electrons. The summed E-state index contributed by atoms with van der Waals surface area (Å²) in [6.07, 6.45) is 2.87. The van der Waals surface area contributed by atoms with Crippen molar-refractivity contribution in [1.29, 1.82) is 0 Å². The van der Waals surface area contributed by atoms with E-state index >= 15 is 0 Å². The first-order valence-corrected chi connectivity index (χ1v) is 12.6. The molecule has 0 saturated heterocycles. The molecule has 0 atom stereocenters. The van der Waals surface area contributed by atoms with Crippen molar-refractivity contribution in [3.05, 3.63) is 90.0 Å². The molecule has 6 rings (SSSR count). The molecule has 0 radical (unpaired) electrons. The highest BCUT2D eigenvalue weighted by Crippen LogP contribution is 2.52. The fourth-order valence-corrected chi connectivity index (χ4v) is 6.07. The molecular weight excluding hydrogens is 440 g/mol. The third-order valence-electron chi connectivity index (χ3n) is 6.63. The van der Waals surface area contributed by atoms with Crippen LogP contribution in [0.15, 0.2) is 88.7 Å². The van der Waals surface area contributed by atoms with Gasteiger partial charge >= 0.3 is 0 Å². The largest absolute Gasteiger partial charge is 0.308 e. The van der Waals surface area contributed by atoms with Crippen molar-refractivity contribution in [1.82, 2.24) is 4.90 Å². The fraction of sp³-hybridized carbons (Fsp3) is 0.172. The predicted octanol–water partition coefficient (Wildman–Crippen LogP) is 7.56. The Morgan fingerprint density at radius 3 is 2.00 bits per heavy atom. The average molecular weight is 465 g/mol. The topological polar surface area (TPSA) is 40.6 Å². The molecular formula is C29H24N2O2S. The number of carbonyl (C=O) groups excluding carboxylic acids is 2. The molecule has 5 heteroatoms. The second kappa shape index (κ2) is 8.33. The van der Waals surface area contributed by atoms with E-state index in [1.807, 2.05) is 42.5 Å². The fourth-order valence-electron chi connectivity index (χ4n) is 5.01. The third kappa shape index (κ3) is 3.15.